The van der Waals surface area contributed by atoms with Gasteiger partial charge in [0.2, 0.25) is 11.8 Å². The highest BCUT2D eigenvalue weighted by Crippen LogP contribution is 2.28. The van der Waals surface area contributed by atoms with E-state index in [2.05, 4.69) is 9.72 Å². The van der Waals surface area contributed by atoms with E-state index in [1.807, 2.05) is 6.07 Å². The van der Waals surface area contributed by atoms with Crippen LogP contribution in [0.3, 0.4) is 0 Å². The van der Waals surface area contributed by atoms with E-state index in [0.717, 1.165) is 6.07 Å². The van der Waals surface area contributed by atoms with Gasteiger partial charge in [-0.1, -0.05) is 0 Å². The van der Waals surface area contributed by atoms with Gasteiger partial charge in [-0.2, -0.15) is 10.2 Å². The molecule has 17 heavy (non-hydrogen) atoms. The largest absolute Gasteiger partial charge is 0.574 e. The molecule has 0 radical (unpaired) electrons. The van der Waals surface area contributed by atoms with Gasteiger partial charge in [-0.25, -0.2) is 0 Å². The highest BCUT2D eigenvalue weighted by Gasteiger charge is 2.32. The summed E-state index contributed by atoms with van der Waals surface area (Å²) in [6, 6.07) is 2.92. The Morgan fingerprint density at radius 3 is 2.59 bits per heavy atom. The van der Waals surface area contributed by atoms with Crippen molar-refractivity contribution in [3.63, 3.8) is 0 Å². The van der Waals surface area contributed by atoms with Gasteiger partial charge in [0, 0.05) is 11.6 Å². The molecular formula is C10H9F3N2O2. The molecule has 1 rings (SSSR count). The molecule has 4 nitrogen and oxygen atoms in total. The number of aromatic nitrogens is 1. The Hall–Kier alpha value is -1.97. The van der Waals surface area contributed by atoms with Crippen molar-refractivity contribution in [2.45, 2.75) is 19.7 Å². The van der Waals surface area contributed by atoms with Crippen molar-refractivity contribution >= 4 is 0 Å². The molecule has 0 bridgehead atoms. The number of methoxy groups -OCH3 is 1. The van der Waals surface area contributed by atoms with Gasteiger partial charge in [0.25, 0.3) is 0 Å². The molecule has 0 aromatic carbocycles. The van der Waals surface area contributed by atoms with Crippen molar-refractivity contribution in [2.75, 3.05) is 7.11 Å². The molecule has 0 unspecified atom stereocenters. The molecule has 0 fully saturated rings. The van der Waals surface area contributed by atoms with Crippen molar-refractivity contribution in [2.24, 2.45) is 0 Å². The Bertz CT molecular complexity index is 452. The van der Waals surface area contributed by atoms with Gasteiger partial charge in [-0.15, -0.1) is 13.2 Å². The van der Waals surface area contributed by atoms with Crippen LogP contribution in [0.2, 0.25) is 0 Å². The van der Waals surface area contributed by atoms with Gasteiger partial charge in [0.1, 0.15) is 0 Å². The van der Waals surface area contributed by atoms with E-state index in [9.17, 15) is 13.2 Å². The first kappa shape index (κ1) is 13.1. The van der Waals surface area contributed by atoms with E-state index >= 15 is 0 Å². The lowest BCUT2D eigenvalue weighted by molar-refractivity contribution is -0.276. The minimum atomic E-state index is -4.82. The van der Waals surface area contributed by atoms with Crippen LogP contribution in [0.4, 0.5) is 13.2 Å². The summed E-state index contributed by atoms with van der Waals surface area (Å²) in [7, 11) is 1.28. The molecule has 92 valence electrons. The van der Waals surface area contributed by atoms with Crippen LogP contribution in [-0.2, 0) is 6.42 Å². The van der Waals surface area contributed by atoms with Gasteiger partial charge >= 0.3 is 6.36 Å². The molecule has 0 aliphatic rings. The summed E-state index contributed by atoms with van der Waals surface area (Å²) >= 11 is 0. The van der Waals surface area contributed by atoms with Gasteiger partial charge in [-0.05, 0) is 12.5 Å². The summed E-state index contributed by atoms with van der Waals surface area (Å²) in [5.74, 6) is -0.623. The van der Waals surface area contributed by atoms with Crippen LogP contribution < -0.4 is 9.47 Å². The number of alkyl halides is 3. The summed E-state index contributed by atoms with van der Waals surface area (Å²) in [5, 5.41) is 8.56. The fraction of sp³-hybridized carbons (Fsp3) is 0.400. The third kappa shape index (κ3) is 3.52. The average Bonchev–Trinajstić information content (AvgIpc) is 2.20. The molecule has 1 heterocycles. The smallest absolute Gasteiger partial charge is 0.481 e. The molecule has 0 saturated carbocycles. The lowest BCUT2D eigenvalue weighted by Gasteiger charge is -2.12. The molecular weight excluding hydrogens is 237 g/mol. The number of rotatable bonds is 3. The molecule has 0 N–H and O–H groups in total. The van der Waals surface area contributed by atoms with E-state index in [1.54, 1.807) is 6.92 Å². The summed E-state index contributed by atoms with van der Waals surface area (Å²) in [6.07, 6.45) is -4.86. The molecule has 0 spiro atoms. The molecule has 0 saturated heterocycles. The normalized spacial score (nSPS) is 10.8. The van der Waals surface area contributed by atoms with E-state index in [0.29, 0.717) is 11.1 Å². The Balaban J connectivity index is 3.16. The van der Waals surface area contributed by atoms with Crippen molar-refractivity contribution in [3.8, 4) is 17.8 Å². The van der Waals surface area contributed by atoms with Crippen LogP contribution in [-0.4, -0.2) is 18.5 Å². The summed E-state index contributed by atoms with van der Waals surface area (Å²) in [4.78, 5) is 3.55. The third-order valence-electron chi connectivity index (χ3n) is 2.00. The van der Waals surface area contributed by atoms with E-state index < -0.39 is 12.2 Å². The van der Waals surface area contributed by atoms with Crippen LogP contribution in [0.1, 0.15) is 11.1 Å². The summed E-state index contributed by atoms with van der Waals surface area (Å²) in [6.45, 7) is 1.61. The predicted octanol–water partition coefficient (Wildman–Crippen LogP) is 2.36. The monoisotopic (exact) mass is 246 g/mol. The molecule has 7 heteroatoms. The van der Waals surface area contributed by atoms with Crippen LogP contribution >= 0.6 is 0 Å². The topological polar surface area (TPSA) is 55.1 Å². The number of pyridine rings is 1. The minimum Gasteiger partial charge on any atom is -0.481 e. The van der Waals surface area contributed by atoms with Gasteiger partial charge in [0.15, 0.2) is 0 Å². The second kappa shape index (κ2) is 4.91. The first-order valence-electron chi connectivity index (χ1n) is 4.54. The van der Waals surface area contributed by atoms with Crippen molar-refractivity contribution in [1.82, 2.24) is 4.98 Å². The second-order valence-corrected chi connectivity index (χ2v) is 3.14. The van der Waals surface area contributed by atoms with Gasteiger partial charge < -0.3 is 9.47 Å². The second-order valence-electron chi connectivity index (χ2n) is 3.14. The lowest BCUT2D eigenvalue weighted by Crippen LogP contribution is -2.18. The zero-order valence-corrected chi connectivity index (χ0v) is 9.13. The van der Waals surface area contributed by atoms with Gasteiger partial charge in [-0.3, -0.25) is 0 Å². The highest BCUT2D eigenvalue weighted by molar-refractivity contribution is 5.39. The summed E-state index contributed by atoms with van der Waals surface area (Å²) < 4.78 is 44.6. The summed E-state index contributed by atoms with van der Waals surface area (Å²) in [5.41, 5.74) is 0.905. The van der Waals surface area contributed by atoms with E-state index in [1.165, 1.54) is 7.11 Å². The Morgan fingerprint density at radius 2 is 2.12 bits per heavy atom. The van der Waals surface area contributed by atoms with Gasteiger partial charge in [0.05, 0.1) is 19.6 Å². The molecule has 0 aliphatic heterocycles. The lowest BCUT2D eigenvalue weighted by atomic mass is 10.1. The zero-order chi connectivity index (χ0) is 13.1. The molecule has 1 aromatic rings. The fourth-order valence-corrected chi connectivity index (χ4v) is 1.25. The fourth-order valence-electron chi connectivity index (χ4n) is 1.25. The number of hydrogen-bond acceptors (Lipinski definition) is 4. The molecule has 0 amide bonds. The number of nitrogens with zero attached hydrogens (tertiary/aromatic N) is 2. The van der Waals surface area contributed by atoms with Crippen LogP contribution in [0.15, 0.2) is 6.07 Å². The number of nitriles is 1. The quantitative estimate of drug-likeness (QED) is 0.821. The van der Waals surface area contributed by atoms with Crippen LogP contribution in [0.25, 0.3) is 0 Å². The SMILES string of the molecule is COc1nc(OC(F)(F)F)cc(CC#N)c1C. The van der Waals surface area contributed by atoms with Crippen LogP contribution in [0.5, 0.6) is 11.8 Å². The number of halogens is 3. The zero-order valence-electron chi connectivity index (χ0n) is 9.13. The standard InChI is InChI=1S/C10H9F3N2O2/c1-6-7(3-4-14)5-8(15-9(6)16-2)17-10(11,12)13/h5H,3H2,1-2H3. The number of hydrogen-bond donors (Lipinski definition) is 0. The first-order valence-corrected chi connectivity index (χ1v) is 4.54. The maximum absolute atomic E-state index is 12.0. The van der Waals surface area contributed by atoms with E-state index in [4.69, 9.17) is 10.00 Å². The molecule has 0 atom stereocenters. The highest BCUT2D eigenvalue weighted by atomic mass is 19.4. The van der Waals surface area contributed by atoms with Crippen molar-refractivity contribution in [3.05, 3.63) is 17.2 Å². The van der Waals surface area contributed by atoms with E-state index in [-0.39, 0.29) is 12.3 Å². The Kier molecular flexibility index (Phi) is 3.78. The Morgan fingerprint density at radius 1 is 1.47 bits per heavy atom. The molecule has 1 aromatic heterocycles. The van der Waals surface area contributed by atoms with Crippen molar-refractivity contribution < 1.29 is 22.6 Å². The molecule has 0 aliphatic carbocycles. The maximum atomic E-state index is 12.0. The Labute approximate surface area is 95.6 Å². The van der Waals surface area contributed by atoms with Crippen molar-refractivity contribution in [1.29, 1.82) is 5.26 Å². The first-order chi connectivity index (χ1) is 7.87. The number of ether oxygens (including phenoxy) is 2. The average molecular weight is 246 g/mol. The minimum absolute atomic E-state index is 0.0111. The predicted molar refractivity (Wildman–Crippen MR) is 51.5 cm³/mol. The van der Waals surface area contributed by atoms with Crippen LogP contribution in [0, 0.1) is 18.3 Å². The maximum Gasteiger partial charge on any atom is 0.574 e. The third-order valence-corrected chi connectivity index (χ3v) is 2.00.